The van der Waals surface area contributed by atoms with E-state index in [0.29, 0.717) is 22.0 Å². The van der Waals surface area contributed by atoms with Crippen LogP contribution in [0, 0.1) is 5.92 Å². The van der Waals surface area contributed by atoms with E-state index in [1.54, 1.807) is 6.07 Å². The monoisotopic (exact) mass is 407 g/mol. The van der Waals surface area contributed by atoms with E-state index in [1.807, 2.05) is 29.6 Å². The third-order valence-corrected chi connectivity index (χ3v) is 5.74. The molecule has 0 aliphatic carbocycles. The normalized spacial score (nSPS) is 19.0. The number of hydrogen-bond acceptors (Lipinski definition) is 4. The second-order valence-electron chi connectivity index (χ2n) is 6.72. The fourth-order valence-corrected chi connectivity index (χ4v) is 3.86. The second kappa shape index (κ2) is 9.88. The summed E-state index contributed by atoms with van der Waals surface area (Å²) in [5.41, 5.74) is 2.30. The molecule has 1 aliphatic heterocycles. The second-order valence-corrected chi connectivity index (χ2v) is 7.63. The maximum Gasteiger partial charge on any atom is 0.256 e. The Bertz CT molecular complexity index is 776. The lowest BCUT2D eigenvalue weighted by molar-refractivity contribution is 0.0916. The molecular formula is C20H26ClN3O2S. The van der Waals surface area contributed by atoms with Crippen molar-refractivity contribution in [2.24, 2.45) is 5.92 Å². The summed E-state index contributed by atoms with van der Waals surface area (Å²) in [6, 6.07) is 9.41. The number of rotatable bonds is 5. The van der Waals surface area contributed by atoms with Crippen LogP contribution in [0.2, 0.25) is 0 Å². The van der Waals surface area contributed by atoms with Crippen LogP contribution < -0.4 is 16.0 Å². The van der Waals surface area contributed by atoms with Crippen LogP contribution in [0.15, 0.2) is 35.7 Å². The van der Waals surface area contributed by atoms with Gasteiger partial charge in [-0.25, -0.2) is 0 Å². The van der Waals surface area contributed by atoms with Gasteiger partial charge in [0.15, 0.2) is 0 Å². The zero-order valence-electron chi connectivity index (χ0n) is 15.6. The quantitative estimate of drug-likeness (QED) is 0.707. The Labute approximate surface area is 170 Å². The van der Waals surface area contributed by atoms with Crippen molar-refractivity contribution in [2.45, 2.75) is 32.7 Å². The predicted octanol–water partition coefficient (Wildman–Crippen LogP) is 3.71. The predicted molar refractivity (Wildman–Crippen MR) is 113 cm³/mol. The number of aryl methyl sites for hydroxylation is 1. The summed E-state index contributed by atoms with van der Waals surface area (Å²) in [5, 5.41) is 11.7. The van der Waals surface area contributed by atoms with E-state index in [9.17, 15) is 9.59 Å². The van der Waals surface area contributed by atoms with E-state index in [2.05, 4.69) is 29.8 Å². The number of nitrogens with one attached hydrogen (secondary N) is 3. The Balaban J connectivity index is 0.00000261. The number of amides is 2. The topological polar surface area (TPSA) is 70.2 Å². The SMILES string of the molecule is CCc1ccc(C(=O)Nc2sccc2C(=O)NC2CNCCC2C)cc1.Cl. The molecule has 2 unspecified atom stereocenters. The van der Waals surface area contributed by atoms with Gasteiger partial charge in [-0.05, 0) is 54.4 Å². The zero-order valence-corrected chi connectivity index (χ0v) is 17.2. The summed E-state index contributed by atoms with van der Waals surface area (Å²) in [6.07, 6.45) is 1.98. The molecule has 0 radical (unpaired) electrons. The van der Waals surface area contributed by atoms with Crippen LogP contribution in [-0.4, -0.2) is 30.9 Å². The van der Waals surface area contributed by atoms with Crippen LogP contribution in [0.1, 0.15) is 46.5 Å². The first-order valence-electron chi connectivity index (χ1n) is 9.08. The molecule has 2 amide bonds. The average molecular weight is 408 g/mol. The highest BCUT2D eigenvalue weighted by atomic mass is 35.5. The molecule has 1 saturated heterocycles. The third kappa shape index (κ3) is 5.31. The number of anilines is 1. The summed E-state index contributed by atoms with van der Waals surface area (Å²) in [4.78, 5) is 25.1. The van der Waals surface area contributed by atoms with Crippen molar-refractivity contribution in [2.75, 3.05) is 18.4 Å². The van der Waals surface area contributed by atoms with Crippen LogP contribution >= 0.6 is 23.7 Å². The van der Waals surface area contributed by atoms with Crippen molar-refractivity contribution >= 4 is 40.6 Å². The van der Waals surface area contributed by atoms with E-state index in [0.717, 1.165) is 25.9 Å². The summed E-state index contributed by atoms with van der Waals surface area (Å²) in [7, 11) is 0. The van der Waals surface area contributed by atoms with Crippen molar-refractivity contribution in [3.8, 4) is 0 Å². The zero-order chi connectivity index (χ0) is 18.5. The van der Waals surface area contributed by atoms with Gasteiger partial charge >= 0.3 is 0 Å². The molecule has 5 nitrogen and oxygen atoms in total. The summed E-state index contributed by atoms with van der Waals surface area (Å²) >= 11 is 1.36. The Hall–Kier alpha value is -1.89. The van der Waals surface area contributed by atoms with Crippen molar-refractivity contribution < 1.29 is 9.59 Å². The van der Waals surface area contributed by atoms with Crippen molar-refractivity contribution in [3.63, 3.8) is 0 Å². The molecule has 1 aromatic heterocycles. The number of carbonyl (C=O) groups is 2. The average Bonchev–Trinajstić information content (AvgIpc) is 3.12. The summed E-state index contributed by atoms with van der Waals surface area (Å²) in [6.45, 7) is 6.00. The molecule has 146 valence electrons. The van der Waals surface area contributed by atoms with Crippen LogP contribution in [-0.2, 0) is 6.42 Å². The van der Waals surface area contributed by atoms with Gasteiger partial charge in [-0.2, -0.15) is 0 Å². The molecule has 0 spiro atoms. The van der Waals surface area contributed by atoms with Gasteiger partial charge in [-0.15, -0.1) is 23.7 Å². The van der Waals surface area contributed by atoms with E-state index < -0.39 is 0 Å². The van der Waals surface area contributed by atoms with E-state index in [1.165, 1.54) is 16.9 Å². The minimum Gasteiger partial charge on any atom is -0.348 e. The van der Waals surface area contributed by atoms with Gasteiger partial charge in [0.1, 0.15) is 5.00 Å². The summed E-state index contributed by atoms with van der Waals surface area (Å²) < 4.78 is 0. The lowest BCUT2D eigenvalue weighted by atomic mass is 9.94. The molecule has 1 aromatic carbocycles. The lowest BCUT2D eigenvalue weighted by Gasteiger charge is -2.30. The van der Waals surface area contributed by atoms with Gasteiger partial charge in [-0.3, -0.25) is 9.59 Å². The fourth-order valence-electron chi connectivity index (χ4n) is 3.08. The highest BCUT2D eigenvalue weighted by molar-refractivity contribution is 7.14. The number of carbonyl (C=O) groups excluding carboxylic acids is 2. The standard InChI is InChI=1S/C20H25N3O2S.ClH/c1-3-14-4-6-15(7-5-14)18(24)23-20-16(9-11-26-20)19(25)22-17-12-21-10-8-13(17)2;/h4-7,9,11,13,17,21H,3,8,10,12H2,1-2H3,(H,22,25)(H,23,24);1H. The van der Waals surface area contributed by atoms with Crippen molar-refractivity contribution in [1.29, 1.82) is 0 Å². The summed E-state index contributed by atoms with van der Waals surface area (Å²) in [5.74, 6) is 0.106. The Morgan fingerprint density at radius 3 is 2.59 bits per heavy atom. The highest BCUT2D eigenvalue weighted by Gasteiger charge is 2.24. The molecule has 0 saturated carbocycles. The van der Waals surface area contributed by atoms with E-state index in [4.69, 9.17) is 0 Å². The molecule has 3 N–H and O–H groups in total. The first kappa shape index (κ1) is 21.4. The van der Waals surface area contributed by atoms with Crippen molar-refractivity contribution in [1.82, 2.24) is 10.6 Å². The van der Waals surface area contributed by atoms with Crippen LogP contribution in [0.25, 0.3) is 0 Å². The molecule has 7 heteroatoms. The van der Waals surface area contributed by atoms with Crippen LogP contribution in [0.3, 0.4) is 0 Å². The smallest absolute Gasteiger partial charge is 0.256 e. The molecule has 2 aromatic rings. The van der Waals surface area contributed by atoms with Gasteiger partial charge in [0.2, 0.25) is 0 Å². The first-order chi connectivity index (χ1) is 12.6. The Kier molecular flexibility index (Phi) is 7.83. The number of benzene rings is 1. The Morgan fingerprint density at radius 1 is 1.19 bits per heavy atom. The van der Waals surface area contributed by atoms with Gasteiger partial charge in [0.25, 0.3) is 11.8 Å². The van der Waals surface area contributed by atoms with Gasteiger partial charge in [0.05, 0.1) is 5.56 Å². The van der Waals surface area contributed by atoms with Crippen LogP contribution in [0.5, 0.6) is 0 Å². The number of piperidine rings is 1. The first-order valence-corrected chi connectivity index (χ1v) is 9.95. The number of halogens is 1. The molecule has 0 bridgehead atoms. The van der Waals surface area contributed by atoms with Gasteiger partial charge in [-0.1, -0.05) is 26.0 Å². The molecule has 2 heterocycles. The van der Waals surface area contributed by atoms with Gasteiger partial charge in [0, 0.05) is 18.2 Å². The van der Waals surface area contributed by atoms with Crippen LogP contribution in [0.4, 0.5) is 5.00 Å². The molecular weight excluding hydrogens is 382 g/mol. The maximum atomic E-state index is 12.7. The van der Waals surface area contributed by atoms with Crippen molar-refractivity contribution in [3.05, 3.63) is 52.4 Å². The van der Waals surface area contributed by atoms with Gasteiger partial charge < -0.3 is 16.0 Å². The Morgan fingerprint density at radius 2 is 1.93 bits per heavy atom. The minimum atomic E-state index is -0.197. The molecule has 27 heavy (non-hydrogen) atoms. The lowest BCUT2D eigenvalue weighted by Crippen LogP contribution is -2.50. The number of thiophene rings is 1. The minimum absolute atomic E-state index is 0. The molecule has 3 rings (SSSR count). The third-order valence-electron chi connectivity index (χ3n) is 4.91. The van der Waals surface area contributed by atoms with E-state index >= 15 is 0 Å². The molecule has 1 fully saturated rings. The van der Waals surface area contributed by atoms with E-state index in [-0.39, 0.29) is 30.3 Å². The number of hydrogen-bond donors (Lipinski definition) is 3. The maximum absolute atomic E-state index is 12.7. The molecule has 2 atom stereocenters. The molecule has 1 aliphatic rings. The largest absolute Gasteiger partial charge is 0.348 e. The highest BCUT2D eigenvalue weighted by Crippen LogP contribution is 2.24. The fraction of sp³-hybridized carbons (Fsp3) is 0.400.